The number of halogens is 6. The van der Waals surface area contributed by atoms with Gasteiger partial charge in [0, 0.05) is 29.1 Å². The molecule has 3 unspecified atom stereocenters. The second-order valence-electron chi connectivity index (χ2n) is 29.4. The fourth-order valence-electron chi connectivity index (χ4n) is 18.6. The Hall–Kier alpha value is -14.3. The Morgan fingerprint density at radius 1 is 0.272 bits per heavy atom. The van der Waals surface area contributed by atoms with Crippen LogP contribution in [0.2, 0.25) is 0 Å². The maximum atomic E-state index is 17.6. The largest absolute Gasteiger partial charge is 0.457 e. The van der Waals surface area contributed by atoms with Crippen LogP contribution in [-0.4, -0.2) is 0 Å². The Labute approximate surface area is 655 Å². The van der Waals surface area contributed by atoms with Gasteiger partial charge in [0.05, 0.1) is 21.9 Å². The number of rotatable bonds is 16. The third-order valence-electron chi connectivity index (χ3n) is 23.5. The molecular formula is C105H65F6NO2. The minimum atomic E-state index is -1.08. The van der Waals surface area contributed by atoms with Gasteiger partial charge in [0.1, 0.15) is 57.9 Å². The number of hydrogen-bond donors (Lipinski definition) is 0. The van der Waals surface area contributed by atoms with Gasteiger partial charge in [-0.25, -0.2) is 26.3 Å². The molecule has 0 bridgehead atoms. The zero-order valence-electron chi connectivity index (χ0n) is 61.2. The van der Waals surface area contributed by atoms with E-state index >= 15 is 26.3 Å². The van der Waals surface area contributed by atoms with E-state index in [2.05, 4.69) is 122 Å². The number of hydrogen-bond acceptors (Lipinski definition) is 3. The van der Waals surface area contributed by atoms with Crippen LogP contribution < -0.4 is 14.4 Å². The molecule has 544 valence electrons. The lowest BCUT2D eigenvalue weighted by molar-refractivity contribution is 0.482. The van der Waals surface area contributed by atoms with E-state index in [0.717, 1.165) is 135 Å². The summed E-state index contributed by atoms with van der Waals surface area (Å²) in [6.07, 6.45) is 5.53. The topological polar surface area (TPSA) is 21.7 Å². The highest BCUT2D eigenvalue weighted by molar-refractivity contribution is 6.00. The molecule has 3 nitrogen and oxygen atoms in total. The lowest BCUT2D eigenvalue weighted by Crippen LogP contribution is -2.29. The molecule has 20 rings (SSSR count). The lowest BCUT2D eigenvalue weighted by atomic mass is 9.67. The first-order chi connectivity index (χ1) is 55.8. The highest BCUT2D eigenvalue weighted by Gasteiger charge is 2.53. The van der Waals surface area contributed by atoms with Crippen molar-refractivity contribution >= 4 is 40.9 Å². The van der Waals surface area contributed by atoms with Crippen LogP contribution in [0.3, 0.4) is 0 Å². The molecule has 0 amide bonds. The van der Waals surface area contributed by atoms with Gasteiger partial charge in [-0.15, -0.1) is 0 Å². The summed E-state index contributed by atoms with van der Waals surface area (Å²) in [5, 5.41) is 0. The normalized spacial score (nSPS) is 16.2. The lowest BCUT2D eigenvalue weighted by Gasteiger charge is -2.35. The van der Waals surface area contributed by atoms with Crippen LogP contribution in [0.4, 0.5) is 43.4 Å². The monoisotopic (exact) mass is 1490 g/mol. The number of fused-ring (bicyclic) bond motifs is 16. The summed E-state index contributed by atoms with van der Waals surface area (Å²) in [4.78, 5) is 1.86. The Morgan fingerprint density at radius 3 is 1.04 bits per heavy atom. The molecule has 0 aliphatic heterocycles. The zero-order valence-corrected chi connectivity index (χ0v) is 61.2. The fraction of sp³-hybridized carbons (Fsp3) is 0.0286. The van der Waals surface area contributed by atoms with Crippen molar-refractivity contribution in [3.63, 3.8) is 0 Å². The fourth-order valence-corrected chi connectivity index (χ4v) is 18.6. The van der Waals surface area contributed by atoms with Crippen LogP contribution in [-0.2, 0) is 16.2 Å². The predicted molar refractivity (Wildman–Crippen MR) is 445 cm³/mol. The Bertz CT molecular complexity index is 6640. The van der Waals surface area contributed by atoms with E-state index in [1.807, 2.05) is 193 Å². The highest BCUT2D eigenvalue weighted by atomic mass is 19.2. The SMILES string of the molecule is C=Cc1ccc(Oc2ccc(C3(c4ccc(F)cc4)c4ccccc4-c4ccc(/C(=C\c5ccc6c(c5)C5(c7ccccc7-6)c6ccccc6-c6ccc(N(c7ccc8c(c7)C(c7ccc(F)cc7)(c7ccc(Oc9ccc(C=C)cc9)cc7)c7ccccc7-8)c7ccc(F)cc7F)cc65)c5ccc(F)cc5F)cc43)cc2)cc1. The Balaban J connectivity index is 0.763. The summed E-state index contributed by atoms with van der Waals surface area (Å²) in [6, 6.07) is 110. The molecule has 0 saturated heterocycles. The van der Waals surface area contributed by atoms with Gasteiger partial charge in [0.2, 0.25) is 0 Å². The molecule has 0 radical (unpaired) electrons. The molecule has 4 aliphatic rings. The van der Waals surface area contributed by atoms with E-state index < -0.39 is 51.1 Å². The highest BCUT2D eigenvalue weighted by Crippen LogP contribution is 2.65. The van der Waals surface area contributed by atoms with Gasteiger partial charge in [0.15, 0.2) is 0 Å². The number of nitrogens with zero attached hydrogens (tertiary/aromatic N) is 1. The number of ether oxygens (including phenoxy) is 2. The molecule has 114 heavy (non-hydrogen) atoms. The van der Waals surface area contributed by atoms with Crippen molar-refractivity contribution in [2.75, 3.05) is 4.90 Å². The molecule has 16 aromatic carbocycles. The first-order valence-electron chi connectivity index (χ1n) is 37.8. The van der Waals surface area contributed by atoms with Crippen LogP contribution in [0.25, 0.3) is 68.3 Å². The molecule has 1 spiro atoms. The van der Waals surface area contributed by atoms with Gasteiger partial charge >= 0.3 is 0 Å². The van der Waals surface area contributed by atoms with Crippen molar-refractivity contribution in [2.45, 2.75) is 16.2 Å². The predicted octanol–water partition coefficient (Wildman–Crippen LogP) is 27.5. The Kier molecular flexibility index (Phi) is 16.4. The van der Waals surface area contributed by atoms with E-state index in [4.69, 9.17) is 9.47 Å². The molecule has 0 saturated carbocycles. The van der Waals surface area contributed by atoms with Crippen LogP contribution in [0.15, 0.2) is 365 Å². The maximum Gasteiger partial charge on any atom is 0.150 e. The van der Waals surface area contributed by atoms with Gasteiger partial charge in [-0.05, 0) is 279 Å². The average molecular weight is 1490 g/mol. The van der Waals surface area contributed by atoms with Crippen molar-refractivity contribution in [3.05, 3.63) is 494 Å². The minimum absolute atomic E-state index is 0.0891. The van der Waals surface area contributed by atoms with Crippen LogP contribution in [0.1, 0.15) is 94.6 Å². The molecule has 0 fully saturated rings. The summed E-state index contributed by atoms with van der Waals surface area (Å²) in [5.74, 6) is -1.30. The maximum absolute atomic E-state index is 17.6. The van der Waals surface area contributed by atoms with Gasteiger partial charge in [-0.2, -0.15) is 0 Å². The number of benzene rings is 16. The van der Waals surface area contributed by atoms with Gasteiger partial charge in [-0.1, -0.05) is 232 Å². The molecule has 4 aliphatic carbocycles. The van der Waals surface area contributed by atoms with E-state index in [9.17, 15) is 0 Å². The van der Waals surface area contributed by atoms with E-state index in [-0.39, 0.29) is 11.3 Å². The third-order valence-corrected chi connectivity index (χ3v) is 23.5. The summed E-state index contributed by atoms with van der Waals surface area (Å²) in [7, 11) is 0. The first-order valence-corrected chi connectivity index (χ1v) is 37.8. The minimum Gasteiger partial charge on any atom is -0.457 e. The molecule has 16 aromatic rings. The molecular weight excluding hydrogens is 1420 g/mol. The smallest absolute Gasteiger partial charge is 0.150 e. The average Bonchev–Trinajstić information content (AvgIpc) is 1.50. The molecule has 9 heteroatoms. The van der Waals surface area contributed by atoms with Crippen molar-refractivity contribution in [3.8, 4) is 67.5 Å². The second kappa shape index (κ2) is 27.0. The Morgan fingerprint density at radius 2 is 0.605 bits per heavy atom. The van der Waals surface area contributed by atoms with E-state index in [1.54, 1.807) is 12.2 Å². The third kappa shape index (κ3) is 10.7. The summed E-state index contributed by atoms with van der Waals surface area (Å²) >= 11 is 0. The van der Waals surface area contributed by atoms with Crippen LogP contribution in [0, 0.1) is 34.9 Å². The van der Waals surface area contributed by atoms with Crippen molar-refractivity contribution in [2.24, 2.45) is 0 Å². The van der Waals surface area contributed by atoms with E-state index in [1.165, 1.54) is 48.5 Å². The second-order valence-corrected chi connectivity index (χ2v) is 29.4. The summed E-state index contributed by atoms with van der Waals surface area (Å²) in [5.41, 5.74) is 20.4. The van der Waals surface area contributed by atoms with Crippen molar-refractivity contribution in [1.29, 1.82) is 0 Å². The summed E-state index contributed by atoms with van der Waals surface area (Å²) in [6.45, 7) is 7.80. The molecule has 0 N–H and O–H groups in total. The molecule has 0 aromatic heterocycles. The number of anilines is 3. The van der Waals surface area contributed by atoms with Crippen LogP contribution >= 0.6 is 0 Å². The van der Waals surface area contributed by atoms with E-state index in [0.29, 0.717) is 51.1 Å². The van der Waals surface area contributed by atoms with Gasteiger partial charge < -0.3 is 14.4 Å². The molecule has 3 atom stereocenters. The van der Waals surface area contributed by atoms with Crippen molar-refractivity contribution in [1.82, 2.24) is 0 Å². The zero-order chi connectivity index (χ0) is 77.1. The van der Waals surface area contributed by atoms with Crippen LogP contribution in [0.5, 0.6) is 23.0 Å². The molecule has 0 heterocycles. The van der Waals surface area contributed by atoms with Crippen molar-refractivity contribution < 1.29 is 35.8 Å². The van der Waals surface area contributed by atoms with Gasteiger partial charge in [-0.3, -0.25) is 0 Å². The van der Waals surface area contributed by atoms with Gasteiger partial charge in [0.25, 0.3) is 0 Å². The quantitative estimate of drug-likeness (QED) is 0.0711. The first kappa shape index (κ1) is 69.0. The summed E-state index contributed by atoms with van der Waals surface area (Å²) < 4.78 is 110. The standard InChI is InChI=1S/C105H65F6NO2/c1-3-64-21-43-78(44-22-64)113-80-47-31-70(32-48-80)103(68-27-35-72(106)36-28-68)92-17-9-5-13-82(92)87-52-26-67(59-97(87)103)91(90-53-39-74(108)60-100(90)110)57-66-25-51-86-84-15-7-11-19-94(84)105(96(86)58-66)95-20-12-8-16-85(95)89-55-42-77(63-99(89)105)112(102-56-40-75(109)61-101(102)111)76-41-54-88-83-14-6-10-18-93(83)104(98(88)62-76,69-29-37-73(107)38-30-69)71-33-49-81(50-34-71)114-79-45-23-65(4-2)24-46-79/h3-63H,1-2H2/b91-57+.